The SMILES string of the molecule is OCc1cccc(SCCOc2ccccc2)c1. The van der Waals surface area contributed by atoms with Crippen molar-refractivity contribution < 1.29 is 9.84 Å². The lowest BCUT2D eigenvalue weighted by atomic mass is 10.2. The van der Waals surface area contributed by atoms with Gasteiger partial charge in [-0.3, -0.25) is 0 Å². The van der Waals surface area contributed by atoms with Gasteiger partial charge in [0.15, 0.2) is 0 Å². The second-order valence-corrected chi connectivity index (χ2v) is 4.98. The zero-order valence-electron chi connectivity index (χ0n) is 10.1. The largest absolute Gasteiger partial charge is 0.493 e. The van der Waals surface area contributed by atoms with Crippen molar-refractivity contribution in [3.8, 4) is 5.75 Å². The standard InChI is InChI=1S/C15H16O2S/c16-12-13-5-4-8-15(11-13)18-10-9-17-14-6-2-1-3-7-14/h1-8,11,16H,9-10,12H2. The van der Waals surface area contributed by atoms with E-state index in [2.05, 4.69) is 0 Å². The Labute approximate surface area is 112 Å². The van der Waals surface area contributed by atoms with Crippen LogP contribution in [0.3, 0.4) is 0 Å². The van der Waals surface area contributed by atoms with Gasteiger partial charge in [0.1, 0.15) is 5.75 Å². The summed E-state index contributed by atoms with van der Waals surface area (Å²) >= 11 is 1.73. The molecule has 0 atom stereocenters. The first-order chi connectivity index (χ1) is 8.88. The van der Waals surface area contributed by atoms with Crippen LogP contribution in [0.4, 0.5) is 0 Å². The summed E-state index contributed by atoms with van der Waals surface area (Å²) in [5.41, 5.74) is 0.948. The molecular weight excluding hydrogens is 244 g/mol. The first-order valence-corrected chi connectivity index (χ1v) is 6.87. The molecule has 1 N–H and O–H groups in total. The third-order valence-electron chi connectivity index (χ3n) is 2.45. The molecule has 0 fully saturated rings. The number of rotatable bonds is 6. The highest BCUT2D eigenvalue weighted by Crippen LogP contribution is 2.19. The van der Waals surface area contributed by atoms with Crippen LogP contribution in [0.15, 0.2) is 59.5 Å². The molecule has 0 spiro atoms. The molecule has 0 bridgehead atoms. The molecule has 18 heavy (non-hydrogen) atoms. The Morgan fingerprint density at radius 3 is 2.61 bits per heavy atom. The van der Waals surface area contributed by atoms with Gasteiger partial charge < -0.3 is 9.84 Å². The van der Waals surface area contributed by atoms with Gasteiger partial charge in [0.05, 0.1) is 13.2 Å². The van der Waals surface area contributed by atoms with Crippen molar-refractivity contribution in [2.45, 2.75) is 11.5 Å². The summed E-state index contributed by atoms with van der Waals surface area (Å²) in [6.07, 6.45) is 0. The van der Waals surface area contributed by atoms with Gasteiger partial charge in [0.2, 0.25) is 0 Å². The minimum atomic E-state index is 0.0922. The lowest BCUT2D eigenvalue weighted by Crippen LogP contribution is -1.99. The Bertz CT molecular complexity index is 471. The average Bonchev–Trinajstić information content (AvgIpc) is 2.45. The number of aliphatic hydroxyl groups excluding tert-OH is 1. The third kappa shape index (κ3) is 4.09. The van der Waals surface area contributed by atoms with E-state index < -0.39 is 0 Å². The third-order valence-corrected chi connectivity index (χ3v) is 3.40. The molecule has 0 radical (unpaired) electrons. The van der Waals surface area contributed by atoms with Crippen LogP contribution in [0, 0.1) is 0 Å². The predicted molar refractivity (Wildman–Crippen MR) is 75.0 cm³/mol. The van der Waals surface area contributed by atoms with Crippen LogP contribution in [0.5, 0.6) is 5.75 Å². The van der Waals surface area contributed by atoms with E-state index in [0.717, 1.165) is 17.1 Å². The maximum absolute atomic E-state index is 9.05. The van der Waals surface area contributed by atoms with Crippen LogP contribution in [0.25, 0.3) is 0 Å². The minimum absolute atomic E-state index is 0.0922. The molecule has 3 heteroatoms. The lowest BCUT2D eigenvalue weighted by Gasteiger charge is -2.06. The van der Waals surface area contributed by atoms with Gasteiger partial charge in [0.25, 0.3) is 0 Å². The highest BCUT2D eigenvalue weighted by Gasteiger charge is 1.97. The predicted octanol–water partition coefficient (Wildman–Crippen LogP) is 3.35. The van der Waals surface area contributed by atoms with E-state index >= 15 is 0 Å². The van der Waals surface area contributed by atoms with Gasteiger partial charge in [-0.05, 0) is 29.8 Å². The highest BCUT2D eigenvalue weighted by atomic mass is 32.2. The molecule has 0 aliphatic rings. The maximum atomic E-state index is 9.05. The topological polar surface area (TPSA) is 29.5 Å². The zero-order valence-corrected chi connectivity index (χ0v) is 10.9. The molecule has 2 aromatic carbocycles. The van der Waals surface area contributed by atoms with Crippen molar-refractivity contribution in [2.75, 3.05) is 12.4 Å². The van der Waals surface area contributed by atoms with Gasteiger partial charge in [-0.2, -0.15) is 0 Å². The Kier molecular flexibility index (Phi) is 5.12. The average molecular weight is 260 g/mol. The van der Waals surface area contributed by atoms with Crippen LogP contribution in [0.1, 0.15) is 5.56 Å². The molecule has 0 saturated carbocycles. The molecule has 0 heterocycles. The van der Waals surface area contributed by atoms with E-state index in [1.807, 2.05) is 54.6 Å². The minimum Gasteiger partial charge on any atom is -0.493 e. The number of hydrogen-bond donors (Lipinski definition) is 1. The van der Waals surface area contributed by atoms with Crippen molar-refractivity contribution in [1.29, 1.82) is 0 Å². The van der Waals surface area contributed by atoms with Crippen LogP contribution >= 0.6 is 11.8 Å². The van der Waals surface area contributed by atoms with Gasteiger partial charge in [0, 0.05) is 10.6 Å². The number of ether oxygens (including phenoxy) is 1. The maximum Gasteiger partial charge on any atom is 0.119 e. The quantitative estimate of drug-likeness (QED) is 0.638. The zero-order chi connectivity index (χ0) is 12.6. The molecule has 94 valence electrons. The van der Waals surface area contributed by atoms with Crippen molar-refractivity contribution in [3.63, 3.8) is 0 Å². The summed E-state index contributed by atoms with van der Waals surface area (Å²) in [5.74, 6) is 1.80. The first-order valence-electron chi connectivity index (χ1n) is 5.89. The van der Waals surface area contributed by atoms with Gasteiger partial charge in [-0.1, -0.05) is 30.3 Å². The molecular formula is C15H16O2S. The Hall–Kier alpha value is -1.45. The van der Waals surface area contributed by atoms with Gasteiger partial charge in [-0.15, -0.1) is 11.8 Å². The molecule has 0 unspecified atom stereocenters. The molecule has 0 aliphatic carbocycles. The smallest absolute Gasteiger partial charge is 0.119 e. The van der Waals surface area contributed by atoms with Crippen LogP contribution < -0.4 is 4.74 Å². The molecule has 0 aromatic heterocycles. The molecule has 2 aromatic rings. The van der Waals surface area contributed by atoms with Crippen molar-refractivity contribution in [3.05, 3.63) is 60.2 Å². The van der Waals surface area contributed by atoms with E-state index in [4.69, 9.17) is 9.84 Å². The summed E-state index contributed by atoms with van der Waals surface area (Å²) in [4.78, 5) is 1.17. The van der Waals surface area contributed by atoms with Gasteiger partial charge in [-0.25, -0.2) is 0 Å². The Morgan fingerprint density at radius 1 is 1.00 bits per heavy atom. The van der Waals surface area contributed by atoms with E-state index in [1.54, 1.807) is 11.8 Å². The molecule has 2 nitrogen and oxygen atoms in total. The first kappa shape index (κ1) is 13.0. The second-order valence-electron chi connectivity index (χ2n) is 3.82. The van der Waals surface area contributed by atoms with Crippen LogP contribution in [-0.4, -0.2) is 17.5 Å². The molecule has 0 amide bonds. The van der Waals surface area contributed by atoms with E-state index in [1.165, 1.54) is 4.90 Å². The van der Waals surface area contributed by atoms with E-state index in [-0.39, 0.29) is 6.61 Å². The molecule has 2 rings (SSSR count). The van der Waals surface area contributed by atoms with Crippen molar-refractivity contribution in [2.24, 2.45) is 0 Å². The molecule has 0 aliphatic heterocycles. The highest BCUT2D eigenvalue weighted by molar-refractivity contribution is 7.99. The monoisotopic (exact) mass is 260 g/mol. The van der Waals surface area contributed by atoms with Crippen LogP contribution in [-0.2, 0) is 6.61 Å². The fraction of sp³-hybridized carbons (Fsp3) is 0.200. The summed E-state index contributed by atoms with van der Waals surface area (Å²) in [6.45, 7) is 0.771. The Morgan fingerprint density at radius 2 is 1.83 bits per heavy atom. The number of benzene rings is 2. The normalized spacial score (nSPS) is 10.3. The van der Waals surface area contributed by atoms with Crippen molar-refractivity contribution >= 4 is 11.8 Å². The Balaban J connectivity index is 1.75. The number of para-hydroxylation sites is 1. The number of aliphatic hydroxyl groups is 1. The fourth-order valence-electron chi connectivity index (χ4n) is 1.57. The molecule has 0 saturated heterocycles. The second kappa shape index (κ2) is 7.09. The van der Waals surface area contributed by atoms with Gasteiger partial charge >= 0.3 is 0 Å². The van der Waals surface area contributed by atoms with E-state index in [0.29, 0.717) is 6.61 Å². The van der Waals surface area contributed by atoms with E-state index in [9.17, 15) is 0 Å². The summed E-state index contributed by atoms with van der Waals surface area (Å²) in [7, 11) is 0. The van der Waals surface area contributed by atoms with Crippen LogP contribution in [0.2, 0.25) is 0 Å². The summed E-state index contributed by atoms with van der Waals surface area (Å²) < 4.78 is 5.61. The summed E-state index contributed by atoms with van der Waals surface area (Å²) in [5, 5.41) is 9.05. The summed E-state index contributed by atoms with van der Waals surface area (Å²) in [6, 6.07) is 17.8. The lowest BCUT2D eigenvalue weighted by molar-refractivity contribution is 0.281. The fourth-order valence-corrected chi connectivity index (χ4v) is 2.38. The number of thioether (sulfide) groups is 1. The van der Waals surface area contributed by atoms with Crippen molar-refractivity contribution in [1.82, 2.24) is 0 Å². The number of hydrogen-bond acceptors (Lipinski definition) is 3.